The van der Waals surface area contributed by atoms with Crippen LogP contribution in [0.1, 0.15) is 20.3 Å². The second-order valence-corrected chi connectivity index (χ2v) is 2.81. The Morgan fingerprint density at radius 2 is 2.20 bits per heavy atom. The topological polar surface area (TPSA) is 37.3 Å². The number of hydrogen-bond acceptors (Lipinski definition) is 1. The molecule has 0 aliphatic carbocycles. The highest BCUT2D eigenvalue weighted by Crippen LogP contribution is 2.12. The second kappa shape index (κ2) is 4.09. The molecule has 0 aromatic rings. The van der Waals surface area contributed by atoms with Gasteiger partial charge >= 0.3 is 5.97 Å². The van der Waals surface area contributed by atoms with E-state index in [4.69, 9.17) is 5.11 Å². The van der Waals surface area contributed by atoms with E-state index in [2.05, 4.69) is 6.58 Å². The van der Waals surface area contributed by atoms with E-state index in [1.54, 1.807) is 0 Å². The Morgan fingerprint density at radius 1 is 1.70 bits per heavy atom. The lowest BCUT2D eigenvalue weighted by molar-refractivity contribution is -0.140. The number of aliphatic carboxylic acids is 1. The molecule has 0 radical (unpaired) electrons. The lowest BCUT2D eigenvalue weighted by atomic mass is 9.98. The van der Waals surface area contributed by atoms with Gasteiger partial charge < -0.3 is 5.11 Å². The Kier molecular flexibility index (Phi) is 3.77. The summed E-state index contributed by atoms with van der Waals surface area (Å²) in [4.78, 5) is 10.4. The third-order valence-corrected chi connectivity index (χ3v) is 1.33. The van der Waals surface area contributed by atoms with E-state index >= 15 is 0 Å². The Labute approximate surface area is 61.6 Å². The first kappa shape index (κ1) is 9.21. The van der Waals surface area contributed by atoms with E-state index in [1.165, 1.54) is 6.08 Å². The molecule has 0 aliphatic rings. The van der Waals surface area contributed by atoms with Crippen molar-refractivity contribution in [1.82, 2.24) is 0 Å². The molecule has 0 aromatic heterocycles. The van der Waals surface area contributed by atoms with Crippen molar-refractivity contribution >= 4 is 5.97 Å². The van der Waals surface area contributed by atoms with Crippen LogP contribution >= 0.6 is 0 Å². The van der Waals surface area contributed by atoms with Crippen molar-refractivity contribution in [2.45, 2.75) is 20.3 Å². The lowest BCUT2D eigenvalue weighted by Crippen LogP contribution is -2.12. The van der Waals surface area contributed by atoms with Gasteiger partial charge in [0.25, 0.3) is 0 Å². The van der Waals surface area contributed by atoms with Gasteiger partial charge in [-0.3, -0.25) is 4.79 Å². The van der Waals surface area contributed by atoms with Gasteiger partial charge in [-0.25, -0.2) is 0 Å². The van der Waals surface area contributed by atoms with E-state index < -0.39 is 5.97 Å². The summed E-state index contributed by atoms with van der Waals surface area (Å²) in [5.41, 5.74) is 0. The van der Waals surface area contributed by atoms with Crippen LogP contribution in [0.4, 0.5) is 0 Å². The lowest BCUT2D eigenvalue weighted by Gasteiger charge is -2.08. The fourth-order valence-electron chi connectivity index (χ4n) is 0.806. The van der Waals surface area contributed by atoms with Crippen LogP contribution in [0, 0.1) is 11.8 Å². The SMILES string of the molecule is C=C[C@@H](CC(C)C)C(=O)O. The molecule has 0 spiro atoms. The minimum Gasteiger partial charge on any atom is -0.481 e. The van der Waals surface area contributed by atoms with Crippen LogP contribution in [-0.2, 0) is 4.79 Å². The van der Waals surface area contributed by atoms with Gasteiger partial charge in [-0.1, -0.05) is 19.9 Å². The minimum absolute atomic E-state index is 0.375. The van der Waals surface area contributed by atoms with E-state index in [-0.39, 0.29) is 5.92 Å². The van der Waals surface area contributed by atoms with Crippen LogP contribution in [0.5, 0.6) is 0 Å². The van der Waals surface area contributed by atoms with Crippen molar-refractivity contribution in [3.63, 3.8) is 0 Å². The van der Waals surface area contributed by atoms with Crippen LogP contribution in [0.25, 0.3) is 0 Å². The first-order valence-electron chi connectivity index (χ1n) is 3.43. The van der Waals surface area contributed by atoms with Gasteiger partial charge in [0.15, 0.2) is 0 Å². The smallest absolute Gasteiger partial charge is 0.310 e. The van der Waals surface area contributed by atoms with Crippen molar-refractivity contribution in [3.8, 4) is 0 Å². The predicted octanol–water partition coefficient (Wildman–Crippen LogP) is 1.92. The molecular formula is C8H14O2. The van der Waals surface area contributed by atoms with Gasteiger partial charge in [-0.05, 0) is 12.3 Å². The van der Waals surface area contributed by atoms with Crippen molar-refractivity contribution in [2.24, 2.45) is 11.8 Å². The molecule has 0 amide bonds. The van der Waals surface area contributed by atoms with Crippen LogP contribution in [0.15, 0.2) is 12.7 Å². The molecule has 0 unspecified atom stereocenters. The molecule has 0 saturated heterocycles. The molecule has 2 nitrogen and oxygen atoms in total. The number of carbonyl (C=O) groups is 1. The highest BCUT2D eigenvalue weighted by atomic mass is 16.4. The molecule has 1 atom stereocenters. The Bertz CT molecular complexity index is 127. The summed E-state index contributed by atoms with van der Waals surface area (Å²) in [5, 5.41) is 8.55. The van der Waals surface area contributed by atoms with Crippen molar-refractivity contribution in [2.75, 3.05) is 0 Å². The number of rotatable bonds is 4. The highest BCUT2D eigenvalue weighted by Gasteiger charge is 2.13. The monoisotopic (exact) mass is 142 g/mol. The van der Waals surface area contributed by atoms with Crippen LogP contribution in [0.3, 0.4) is 0 Å². The molecular weight excluding hydrogens is 128 g/mol. The van der Waals surface area contributed by atoms with Crippen LogP contribution in [0.2, 0.25) is 0 Å². The third-order valence-electron chi connectivity index (χ3n) is 1.33. The number of carboxylic acid groups (broad SMARTS) is 1. The zero-order chi connectivity index (χ0) is 8.15. The molecule has 0 heterocycles. The molecule has 0 aliphatic heterocycles. The maximum atomic E-state index is 10.4. The van der Waals surface area contributed by atoms with Crippen molar-refractivity contribution in [3.05, 3.63) is 12.7 Å². The molecule has 10 heavy (non-hydrogen) atoms. The third kappa shape index (κ3) is 3.28. The number of carboxylic acids is 1. The molecule has 2 heteroatoms. The molecule has 1 N–H and O–H groups in total. The van der Waals surface area contributed by atoms with Gasteiger partial charge in [0.05, 0.1) is 5.92 Å². The predicted molar refractivity (Wildman–Crippen MR) is 40.8 cm³/mol. The maximum absolute atomic E-state index is 10.4. The summed E-state index contributed by atoms with van der Waals surface area (Å²) in [7, 11) is 0. The van der Waals surface area contributed by atoms with E-state index in [0.717, 1.165) is 0 Å². The average molecular weight is 142 g/mol. The first-order valence-corrected chi connectivity index (χ1v) is 3.43. The largest absolute Gasteiger partial charge is 0.481 e. The number of hydrogen-bond donors (Lipinski definition) is 1. The van der Waals surface area contributed by atoms with Crippen LogP contribution in [-0.4, -0.2) is 11.1 Å². The summed E-state index contributed by atoms with van der Waals surface area (Å²) in [6, 6.07) is 0. The summed E-state index contributed by atoms with van der Waals surface area (Å²) in [5.74, 6) is -0.734. The Hall–Kier alpha value is -0.790. The van der Waals surface area contributed by atoms with Gasteiger partial charge in [0.2, 0.25) is 0 Å². The fraction of sp³-hybridized carbons (Fsp3) is 0.625. The zero-order valence-electron chi connectivity index (χ0n) is 6.50. The maximum Gasteiger partial charge on any atom is 0.310 e. The molecule has 58 valence electrons. The molecule has 0 aromatic carbocycles. The standard InChI is InChI=1S/C8H14O2/c1-4-7(8(9)10)5-6(2)3/h4,6-7H,1,5H2,2-3H3,(H,9,10)/t7-/m0/s1. The van der Waals surface area contributed by atoms with Crippen LogP contribution < -0.4 is 0 Å². The summed E-state index contributed by atoms with van der Waals surface area (Å²) < 4.78 is 0. The average Bonchev–Trinajstić information content (AvgIpc) is 1.81. The zero-order valence-corrected chi connectivity index (χ0v) is 6.50. The molecule has 0 fully saturated rings. The molecule has 0 rings (SSSR count). The molecule has 0 bridgehead atoms. The quantitative estimate of drug-likeness (QED) is 0.609. The van der Waals surface area contributed by atoms with E-state index in [9.17, 15) is 4.79 Å². The van der Waals surface area contributed by atoms with Crippen molar-refractivity contribution in [1.29, 1.82) is 0 Å². The van der Waals surface area contributed by atoms with Gasteiger partial charge in [-0.15, -0.1) is 6.58 Å². The van der Waals surface area contributed by atoms with Crippen molar-refractivity contribution < 1.29 is 9.90 Å². The second-order valence-electron chi connectivity index (χ2n) is 2.81. The van der Waals surface area contributed by atoms with Gasteiger partial charge in [0.1, 0.15) is 0 Å². The Balaban J connectivity index is 3.83. The van der Waals surface area contributed by atoms with E-state index in [0.29, 0.717) is 12.3 Å². The van der Waals surface area contributed by atoms with Gasteiger partial charge in [0, 0.05) is 0 Å². The normalized spacial score (nSPS) is 13.1. The van der Waals surface area contributed by atoms with E-state index in [1.807, 2.05) is 13.8 Å². The van der Waals surface area contributed by atoms with Gasteiger partial charge in [-0.2, -0.15) is 0 Å². The summed E-state index contributed by atoms with van der Waals surface area (Å²) in [6.07, 6.45) is 2.17. The molecule has 0 saturated carbocycles. The first-order chi connectivity index (χ1) is 4.57. The fourth-order valence-corrected chi connectivity index (χ4v) is 0.806. The minimum atomic E-state index is -0.774. The highest BCUT2D eigenvalue weighted by molar-refractivity contribution is 5.71. The summed E-state index contributed by atoms with van der Waals surface area (Å²) in [6.45, 7) is 7.45. The summed E-state index contributed by atoms with van der Waals surface area (Å²) >= 11 is 0. The Morgan fingerprint density at radius 3 is 2.30 bits per heavy atom.